The third-order valence-corrected chi connectivity index (χ3v) is 3.52. The van der Waals surface area contributed by atoms with Crippen molar-refractivity contribution < 1.29 is 9.59 Å². The van der Waals surface area contributed by atoms with E-state index in [0.29, 0.717) is 17.1 Å². The molecule has 0 saturated carbocycles. The highest BCUT2D eigenvalue weighted by molar-refractivity contribution is 7.12. The zero-order valence-electron chi connectivity index (χ0n) is 11.1. The normalized spacial score (nSPS) is 9.67. The Hall–Kier alpha value is -2.65. The zero-order valence-corrected chi connectivity index (χ0v) is 11.9. The van der Waals surface area contributed by atoms with Crippen LogP contribution < -0.4 is 10.6 Å². The van der Waals surface area contributed by atoms with Crippen molar-refractivity contribution in [2.45, 2.75) is 13.0 Å². The van der Waals surface area contributed by atoms with E-state index in [1.165, 1.54) is 11.3 Å². The average molecular weight is 299 g/mol. The van der Waals surface area contributed by atoms with Gasteiger partial charge in [-0.25, -0.2) is 0 Å². The van der Waals surface area contributed by atoms with E-state index in [1.54, 1.807) is 30.3 Å². The summed E-state index contributed by atoms with van der Waals surface area (Å²) in [5, 5.41) is 15.7. The number of anilines is 1. The Morgan fingerprint density at radius 1 is 1.24 bits per heavy atom. The molecule has 6 heteroatoms. The third-order valence-electron chi connectivity index (χ3n) is 2.65. The average Bonchev–Trinajstić information content (AvgIpc) is 2.99. The highest BCUT2D eigenvalue weighted by Gasteiger charge is 2.06. The van der Waals surface area contributed by atoms with Crippen LogP contribution in [0.25, 0.3) is 0 Å². The van der Waals surface area contributed by atoms with Crippen molar-refractivity contribution >= 4 is 28.8 Å². The number of hydrogen-bond acceptors (Lipinski definition) is 4. The second-order valence-corrected chi connectivity index (χ2v) is 5.19. The lowest BCUT2D eigenvalue weighted by atomic mass is 10.2. The number of nitriles is 1. The van der Waals surface area contributed by atoms with Crippen LogP contribution in [0.5, 0.6) is 0 Å². The molecule has 0 atom stereocenters. The number of benzene rings is 1. The van der Waals surface area contributed by atoms with Gasteiger partial charge in [-0.1, -0.05) is 18.2 Å². The van der Waals surface area contributed by atoms with E-state index in [0.717, 1.165) is 5.56 Å². The molecule has 0 aliphatic rings. The summed E-state index contributed by atoms with van der Waals surface area (Å²) in [5.41, 5.74) is 1.48. The van der Waals surface area contributed by atoms with Gasteiger partial charge in [0.1, 0.15) is 6.42 Å². The van der Waals surface area contributed by atoms with Gasteiger partial charge in [0.05, 0.1) is 10.9 Å². The van der Waals surface area contributed by atoms with Crippen molar-refractivity contribution in [2.75, 3.05) is 5.32 Å². The quantitative estimate of drug-likeness (QED) is 0.890. The van der Waals surface area contributed by atoms with Crippen molar-refractivity contribution in [3.05, 3.63) is 52.2 Å². The minimum Gasteiger partial charge on any atom is -0.347 e. The predicted octanol–water partition coefficient (Wildman–Crippen LogP) is 2.53. The number of rotatable bonds is 5. The monoisotopic (exact) mass is 299 g/mol. The van der Waals surface area contributed by atoms with E-state index in [4.69, 9.17) is 5.26 Å². The molecule has 0 aliphatic heterocycles. The van der Waals surface area contributed by atoms with Crippen molar-refractivity contribution in [1.29, 1.82) is 5.26 Å². The minimum absolute atomic E-state index is 0.121. The predicted molar refractivity (Wildman–Crippen MR) is 80.8 cm³/mol. The molecule has 0 aliphatic carbocycles. The molecule has 2 N–H and O–H groups in total. The van der Waals surface area contributed by atoms with Crippen molar-refractivity contribution in [3.8, 4) is 6.07 Å². The molecule has 2 rings (SSSR count). The van der Waals surface area contributed by atoms with Crippen molar-refractivity contribution in [1.82, 2.24) is 5.32 Å². The van der Waals surface area contributed by atoms with Crippen LogP contribution in [0.3, 0.4) is 0 Å². The summed E-state index contributed by atoms with van der Waals surface area (Å²) >= 11 is 1.38. The van der Waals surface area contributed by atoms with Gasteiger partial charge in [-0.05, 0) is 29.1 Å². The lowest BCUT2D eigenvalue weighted by Gasteiger charge is -2.07. The summed E-state index contributed by atoms with van der Waals surface area (Å²) in [6.07, 6.45) is -0.181. The van der Waals surface area contributed by atoms with Crippen LogP contribution in [0.2, 0.25) is 0 Å². The Morgan fingerprint density at radius 2 is 2.10 bits per heavy atom. The van der Waals surface area contributed by atoms with Gasteiger partial charge < -0.3 is 10.6 Å². The second-order valence-electron chi connectivity index (χ2n) is 4.24. The van der Waals surface area contributed by atoms with Crippen molar-refractivity contribution in [3.63, 3.8) is 0 Å². The molecule has 21 heavy (non-hydrogen) atoms. The molecule has 1 heterocycles. The number of carbonyl (C=O) groups excluding carboxylic acids is 2. The maximum Gasteiger partial charge on any atom is 0.261 e. The molecule has 2 aromatic rings. The van der Waals surface area contributed by atoms with E-state index < -0.39 is 0 Å². The smallest absolute Gasteiger partial charge is 0.261 e. The maximum absolute atomic E-state index is 11.8. The first kappa shape index (κ1) is 14.8. The molecular formula is C15H13N3O2S. The summed E-state index contributed by atoms with van der Waals surface area (Å²) < 4.78 is 0. The van der Waals surface area contributed by atoms with Crippen LogP contribution in [0, 0.1) is 11.3 Å². The molecule has 0 unspecified atom stereocenters. The molecule has 0 radical (unpaired) electrons. The molecule has 1 aromatic heterocycles. The minimum atomic E-state index is -0.350. The lowest BCUT2D eigenvalue weighted by Crippen LogP contribution is -2.21. The molecule has 5 nitrogen and oxygen atoms in total. The first-order valence-corrected chi connectivity index (χ1v) is 7.14. The van der Waals surface area contributed by atoms with Gasteiger partial charge in [0.2, 0.25) is 5.91 Å². The van der Waals surface area contributed by atoms with Crippen LogP contribution in [-0.2, 0) is 11.3 Å². The Labute approximate surface area is 126 Å². The summed E-state index contributed by atoms with van der Waals surface area (Å²) in [4.78, 5) is 23.8. The summed E-state index contributed by atoms with van der Waals surface area (Å²) in [6.45, 7) is 0.374. The van der Waals surface area contributed by atoms with E-state index in [-0.39, 0.29) is 18.2 Å². The van der Waals surface area contributed by atoms with Crippen LogP contribution >= 0.6 is 11.3 Å². The molecule has 0 saturated heterocycles. The molecule has 0 bridgehead atoms. The third kappa shape index (κ3) is 4.44. The highest BCUT2D eigenvalue weighted by Crippen LogP contribution is 2.12. The number of carbonyl (C=O) groups is 2. The van der Waals surface area contributed by atoms with Gasteiger partial charge in [-0.15, -0.1) is 11.3 Å². The first-order chi connectivity index (χ1) is 10.2. The molecular weight excluding hydrogens is 286 g/mol. The van der Waals surface area contributed by atoms with Crippen molar-refractivity contribution in [2.24, 2.45) is 0 Å². The standard InChI is InChI=1S/C15H13N3O2S/c16-7-6-14(19)18-12-4-1-3-11(9-12)10-17-15(20)13-5-2-8-21-13/h1-5,8-9H,6,10H2,(H,17,20)(H,18,19). The van der Waals surface area contributed by atoms with Gasteiger partial charge in [0, 0.05) is 12.2 Å². The molecule has 0 spiro atoms. The number of amides is 2. The van der Waals surface area contributed by atoms with E-state index in [9.17, 15) is 9.59 Å². The fraction of sp³-hybridized carbons (Fsp3) is 0.133. The van der Waals surface area contributed by atoms with Gasteiger partial charge in [-0.2, -0.15) is 5.26 Å². The number of thiophene rings is 1. The molecule has 2 amide bonds. The van der Waals surface area contributed by atoms with Gasteiger partial charge in [0.25, 0.3) is 5.91 Å². The van der Waals surface area contributed by atoms with Gasteiger partial charge >= 0.3 is 0 Å². The number of nitrogens with one attached hydrogen (secondary N) is 2. The summed E-state index contributed by atoms with van der Waals surface area (Å²) in [5.74, 6) is -0.471. The Bertz CT molecular complexity index is 674. The SMILES string of the molecule is N#CCC(=O)Nc1cccc(CNC(=O)c2cccs2)c1. The highest BCUT2D eigenvalue weighted by atomic mass is 32.1. The zero-order chi connectivity index (χ0) is 15.1. The summed E-state index contributed by atoms with van der Waals surface area (Å²) in [7, 11) is 0. The van der Waals surface area contributed by atoms with Crippen LogP contribution in [0.4, 0.5) is 5.69 Å². The fourth-order valence-electron chi connectivity index (χ4n) is 1.71. The molecule has 0 fully saturated rings. The van der Waals surface area contributed by atoms with Gasteiger partial charge in [-0.3, -0.25) is 9.59 Å². The van der Waals surface area contributed by atoms with Crippen LogP contribution in [0.15, 0.2) is 41.8 Å². The molecule has 1 aromatic carbocycles. The van der Waals surface area contributed by atoms with E-state index >= 15 is 0 Å². The first-order valence-electron chi connectivity index (χ1n) is 6.26. The van der Waals surface area contributed by atoms with E-state index in [2.05, 4.69) is 10.6 Å². The topological polar surface area (TPSA) is 82.0 Å². The number of hydrogen-bond donors (Lipinski definition) is 2. The van der Waals surface area contributed by atoms with Crippen LogP contribution in [-0.4, -0.2) is 11.8 Å². The Balaban J connectivity index is 1.93. The second kappa shape index (κ2) is 7.22. The Morgan fingerprint density at radius 3 is 2.81 bits per heavy atom. The van der Waals surface area contributed by atoms with Crippen LogP contribution in [0.1, 0.15) is 21.7 Å². The summed E-state index contributed by atoms with van der Waals surface area (Å²) in [6, 6.07) is 12.5. The fourth-order valence-corrected chi connectivity index (χ4v) is 2.35. The lowest BCUT2D eigenvalue weighted by molar-refractivity contribution is -0.115. The Kier molecular flexibility index (Phi) is 5.07. The molecule has 106 valence electrons. The maximum atomic E-state index is 11.8. The number of nitrogens with zero attached hydrogens (tertiary/aromatic N) is 1. The van der Waals surface area contributed by atoms with E-state index in [1.807, 2.05) is 17.5 Å². The largest absolute Gasteiger partial charge is 0.347 e. The van der Waals surface area contributed by atoms with Gasteiger partial charge in [0.15, 0.2) is 0 Å².